The maximum Gasteiger partial charge on any atom is 0.233 e. The van der Waals surface area contributed by atoms with Crippen LogP contribution in [0.25, 0.3) is 0 Å². The van der Waals surface area contributed by atoms with Crippen molar-refractivity contribution in [2.24, 2.45) is 0 Å². The summed E-state index contributed by atoms with van der Waals surface area (Å²) in [5, 5.41) is 6.87. The molecule has 0 radical (unpaired) electrons. The molecule has 1 aromatic rings. The summed E-state index contributed by atoms with van der Waals surface area (Å²) in [4.78, 5) is 11.3. The molecule has 0 saturated heterocycles. The van der Waals surface area contributed by atoms with Gasteiger partial charge >= 0.3 is 0 Å². The Morgan fingerprint density at radius 3 is 2.82 bits per heavy atom. The smallest absolute Gasteiger partial charge is 0.233 e. The maximum absolute atomic E-state index is 11.3. The predicted molar refractivity (Wildman–Crippen MR) is 71.5 cm³/mol. The highest BCUT2D eigenvalue weighted by Crippen LogP contribution is 2.25. The van der Waals surface area contributed by atoms with Gasteiger partial charge in [0, 0.05) is 13.1 Å². The third-order valence-electron chi connectivity index (χ3n) is 2.20. The number of rotatable bonds is 6. The van der Waals surface area contributed by atoms with Gasteiger partial charge in [-0.1, -0.05) is 42.3 Å². The molecule has 17 heavy (non-hydrogen) atoms. The van der Waals surface area contributed by atoms with Crippen molar-refractivity contribution < 1.29 is 4.79 Å². The van der Waals surface area contributed by atoms with Crippen molar-refractivity contribution >= 4 is 29.1 Å². The first-order chi connectivity index (χ1) is 8.15. The van der Waals surface area contributed by atoms with Crippen LogP contribution in [-0.4, -0.2) is 19.0 Å². The van der Waals surface area contributed by atoms with Gasteiger partial charge in [0.05, 0.1) is 16.6 Å². The fourth-order valence-electron chi connectivity index (χ4n) is 1.32. The first-order valence-corrected chi connectivity index (χ1v) is 6.31. The van der Waals surface area contributed by atoms with E-state index in [0.29, 0.717) is 23.1 Å². The third kappa shape index (κ3) is 4.94. The summed E-state index contributed by atoms with van der Waals surface area (Å²) in [6.45, 7) is 3.53. The monoisotopic (exact) mass is 274 g/mol. The number of carbonyl (C=O) groups excluding carboxylic acids is 1. The van der Waals surface area contributed by atoms with Crippen LogP contribution in [0.15, 0.2) is 18.2 Å². The largest absolute Gasteiger partial charge is 0.355 e. The van der Waals surface area contributed by atoms with Gasteiger partial charge in [0.25, 0.3) is 0 Å². The lowest BCUT2D eigenvalue weighted by atomic mass is 10.2. The van der Waals surface area contributed by atoms with E-state index >= 15 is 0 Å². The number of benzene rings is 1. The molecule has 5 heteroatoms. The first-order valence-electron chi connectivity index (χ1n) is 5.55. The Labute approximate surface area is 111 Å². The van der Waals surface area contributed by atoms with E-state index in [1.165, 1.54) is 0 Å². The van der Waals surface area contributed by atoms with Crippen LogP contribution in [0.1, 0.15) is 18.9 Å². The highest BCUT2D eigenvalue weighted by Gasteiger charge is 2.04. The van der Waals surface area contributed by atoms with E-state index in [0.717, 1.165) is 12.0 Å². The molecule has 0 aliphatic heterocycles. The number of nitrogens with one attached hydrogen (secondary N) is 2. The van der Waals surface area contributed by atoms with E-state index in [-0.39, 0.29) is 12.5 Å². The second-order valence-corrected chi connectivity index (χ2v) is 4.45. The Morgan fingerprint density at radius 1 is 1.35 bits per heavy atom. The van der Waals surface area contributed by atoms with E-state index in [1.54, 1.807) is 6.07 Å². The first kappa shape index (κ1) is 14.3. The maximum atomic E-state index is 11.3. The van der Waals surface area contributed by atoms with Crippen molar-refractivity contribution in [1.29, 1.82) is 0 Å². The van der Waals surface area contributed by atoms with Gasteiger partial charge in [-0.25, -0.2) is 0 Å². The van der Waals surface area contributed by atoms with Gasteiger partial charge in [0.2, 0.25) is 5.91 Å². The number of carbonyl (C=O) groups is 1. The Balaban J connectivity index is 2.36. The Morgan fingerprint density at radius 2 is 2.12 bits per heavy atom. The molecule has 0 aromatic heterocycles. The molecule has 94 valence electrons. The zero-order valence-electron chi connectivity index (χ0n) is 9.72. The van der Waals surface area contributed by atoms with Crippen molar-refractivity contribution in [3.63, 3.8) is 0 Å². The average Bonchev–Trinajstić information content (AvgIpc) is 2.32. The molecule has 0 spiro atoms. The fourth-order valence-corrected chi connectivity index (χ4v) is 1.71. The minimum atomic E-state index is -0.00926. The van der Waals surface area contributed by atoms with Crippen molar-refractivity contribution in [1.82, 2.24) is 10.6 Å². The average molecular weight is 275 g/mol. The van der Waals surface area contributed by atoms with Crippen LogP contribution in [0.2, 0.25) is 10.0 Å². The summed E-state index contributed by atoms with van der Waals surface area (Å²) in [5.74, 6) is -0.00926. The SMILES string of the molecule is CCCNC(=O)CNCc1cccc(Cl)c1Cl. The minimum Gasteiger partial charge on any atom is -0.355 e. The topological polar surface area (TPSA) is 41.1 Å². The van der Waals surface area contributed by atoms with Gasteiger partial charge < -0.3 is 10.6 Å². The normalized spacial score (nSPS) is 10.3. The van der Waals surface area contributed by atoms with Crippen molar-refractivity contribution in [3.8, 4) is 0 Å². The molecule has 1 aromatic carbocycles. The van der Waals surface area contributed by atoms with Gasteiger partial charge in [-0.3, -0.25) is 4.79 Å². The van der Waals surface area contributed by atoms with Crippen LogP contribution in [-0.2, 0) is 11.3 Å². The minimum absolute atomic E-state index is 0.00926. The lowest BCUT2D eigenvalue weighted by molar-refractivity contribution is -0.120. The lowest BCUT2D eigenvalue weighted by Gasteiger charge is -2.08. The second kappa shape index (κ2) is 7.54. The number of hydrogen-bond acceptors (Lipinski definition) is 2. The summed E-state index contributed by atoms with van der Waals surface area (Å²) < 4.78 is 0. The van der Waals surface area contributed by atoms with E-state index in [9.17, 15) is 4.79 Å². The van der Waals surface area contributed by atoms with Gasteiger partial charge in [0.1, 0.15) is 0 Å². The Hall–Kier alpha value is -0.770. The molecule has 0 atom stereocenters. The molecule has 0 saturated carbocycles. The van der Waals surface area contributed by atoms with E-state index < -0.39 is 0 Å². The molecule has 1 amide bonds. The van der Waals surface area contributed by atoms with Crippen LogP contribution >= 0.6 is 23.2 Å². The number of hydrogen-bond donors (Lipinski definition) is 2. The summed E-state index contributed by atoms with van der Waals surface area (Å²) in [6, 6.07) is 5.45. The van der Waals surface area contributed by atoms with Gasteiger partial charge in [-0.2, -0.15) is 0 Å². The van der Waals surface area contributed by atoms with Gasteiger partial charge in [-0.05, 0) is 18.1 Å². The molecule has 0 aliphatic carbocycles. The summed E-state index contributed by atoms with van der Waals surface area (Å²) in [6.07, 6.45) is 0.936. The molecular formula is C12H16Cl2N2O. The van der Waals surface area contributed by atoms with Gasteiger partial charge in [-0.15, -0.1) is 0 Å². The van der Waals surface area contributed by atoms with Crippen molar-refractivity contribution in [3.05, 3.63) is 33.8 Å². The molecule has 3 nitrogen and oxygen atoms in total. The highest BCUT2D eigenvalue weighted by atomic mass is 35.5. The standard InChI is InChI=1S/C12H16Cl2N2O/c1-2-6-16-11(17)8-15-7-9-4-3-5-10(13)12(9)14/h3-5,15H,2,6-8H2,1H3,(H,16,17). The zero-order chi connectivity index (χ0) is 12.7. The van der Waals surface area contributed by atoms with E-state index in [2.05, 4.69) is 10.6 Å². The van der Waals surface area contributed by atoms with Crippen molar-refractivity contribution in [2.75, 3.05) is 13.1 Å². The molecule has 0 heterocycles. The molecule has 1 rings (SSSR count). The Kier molecular flexibility index (Phi) is 6.34. The summed E-state index contributed by atoms with van der Waals surface area (Å²) in [5.41, 5.74) is 0.891. The molecule has 0 bridgehead atoms. The Bertz CT molecular complexity index is 383. The molecule has 0 aliphatic rings. The third-order valence-corrected chi connectivity index (χ3v) is 3.06. The van der Waals surface area contributed by atoms with Crippen LogP contribution < -0.4 is 10.6 Å². The van der Waals surface area contributed by atoms with Crippen LogP contribution in [0.5, 0.6) is 0 Å². The zero-order valence-corrected chi connectivity index (χ0v) is 11.2. The number of amides is 1. The van der Waals surface area contributed by atoms with Crippen LogP contribution in [0, 0.1) is 0 Å². The molecule has 0 unspecified atom stereocenters. The van der Waals surface area contributed by atoms with Crippen molar-refractivity contribution in [2.45, 2.75) is 19.9 Å². The summed E-state index contributed by atoms with van der Waals surface area (Å²) in [7, 11) is 0. The van der Waals surface area contributed by atoms with Crippen LogP contribution in [0.3, 0.4) is 0 Å². The molecule has 0 fully saturated rings. The van der Waals surface area contributed by atoms with E-state index in [1.807, 2.05) is 19.1 Å². The lowest BCUT2D eigenvalue weighted by Crippen LogP contribution is -2.33. The fraction of sp³-hybridized carbons (Fsp3) is 0.417. The predicted octanol–water partition coefficient (Wildman–Crippen LogP) is 2.61. The second-order valence-electron chi connectivity index (χ2n) is 3.67. The highest BCUT2D eigenvalue weighted by molar-refractivity contribution is 6.42. The molecule has 2 N–H and O–H groups in total. The quantitative estimate of drug-likeness (QED) is 0.838. The van der Waals surface area contributed by atoms with E-state index in [4.69, 9.17) is 23.2 Å². The number of halogens is 2. The van der Waals surface area contributed by atoms with Gasteiger partial charge in [0.15, 0.2) is 0 Å². The van der Waals surface area contributed by atoms with Crippen LogP contribution in [0.4, 0.5) is 0 Å². The molecular weight excluding hydrogens is 259 g/mol. The summed E-state index contributed by atoms with van der Waals surface area (Å²) >= 11 is 11.9.